The summed E-state index contributed by atoms with van der Waals surface area (Å²) in [5, 5.41) is 0. The van der Waals surface area contributed by atoms with E-state index in [-0.39, 0.29) is 5.54 Å². The molecule has 0 spiro atoms. The van der Waals surface area contributed by atoms with Crippen molar-refractivity contribution in [1.82, 2.24) is 4.90 Å². The van der Waals surface area contributed by atoms with Gasteiger partial charge in [0.25, 0.3) is 0 Å². The summed E-state index contributed by atoms with van der Waals surface area (Å²) in [4.78, 5) is 2.82. The molecule has 1 unspecified atom stereocenters. The number of nitrogens with zero attached hydrogens (tertiary/aromatic N) is 1. The van der Waals surface area contributed by atoms with Crippen LogP contribution in [0.2, 0.25) is 0 Å². The minimum absolute atomic E-state index is 0.263. The fourth-order valence-electron chi connectivity index (χ4n) is 3.77. The molecule has 1 aliphatic rings. The van der Waals surface area contributed by atoms with E-state index in [0.29, 0.717) is 0 Å². The second-order valence-corrected chi connectivity index (χ2v) is 6.85. The first kappa shape index (κ1) is 17.0. The number of hydrogen-bond acceptors (Lipinski definition) is 2. The van der Waals surface area contributed by atoms with E-state index in [1.165, 1.54) is 57.9 Å². The minimum Gasteiger partial charge on any atom is -0.329 e. The smallest absolute Gasteiger partial charge is 0.0331 e. The molecule has 1 saturated carbocycles. The summed E-state index contributed by atoms with van der Waals surface area (Å²) in [6, 6.07) is 0.800. The van der Waals surface area contributed by atoms with E-state index in [2.05, 4.69) is 32.6 Å². The monoisotopic (exact) mass is 268 g/mol. The molecule has 0 amide bonds. The molecule has 0 aromatic carbocycles. The summed E-state index contributed by atoms with van der Waals surface area (Å²) in [5.41, 5.74) is 6.50. The minimum atomic E-state index is 0.263. The van der Waals surface area contributed by atoms with Gasteiger partial charge in [-0.1, -0.05) is 47.0 Å². The van der Waals surface area contributed by atoms with Gasteiger partial charge in [0.15, 0.2) is 0 Å². The highest BCUT2D eigenvalue weighted by atomic mass is 15.2. The zero-order chi connectivity index (χ0) is 14.3. The molecule has 1 rings (SSSR count). The lowest BCUT2D eigenvalue weighted by Gasteiger charge is -2.47. The fourth-order valence-corrected chi connectivity index (χ4v) is 3.77. The number of hydrogen-bond donors (Lipinski definition) is 1. The van der Waals surface area contributed by atoms with Crippen LogP contribution >= 0.6 is 0 Å². The zero-order valence-electron chi connectivity index (χ0n) is 13.8. The molecule has 114 valence electrons. The third kappa shape index (κ3) is 4.46. The van der Waals surface area contributed by atoms with Gasteiger partial charge in [-0.05, 0) is 44.6 Å². The molecule has 2 nitrogen and oxygen atoms in total. The number of nitrogens with two attached hydrogens (primary N) is 1. The van der Waals surface area contributed by atoms with Gasteiger partial charge in [0.05, 0.1) is 0 Å². The van der Waals surface area contributed by atoms with Crippen LogP contribution in [-0.4, -0.2) is 29.6 Å². The molecule has 1 aliphatic carbocycles. The Morgan fingerprint density at radius 2 is 1.84 bits per heavy atom. The predicted octanol–water partition coefficient (Wildman–Crippen LogP) is 4.18. The lowest BCUT2D eigenvalue weighted by molar-refractivity contribution is 0.0337. The lowest BCUT2D eigenvalue weighted by atomic mass is 9.86. The average Bonchev–Trinajstić information content (AvgIpc) is 2.91. The van der Waals surface area contributed by atoms with Crippen molar-refractivity contribution in [1.29, 1.82) is 0 Å². The zero-order valence-corrected chi connectivity index (χ0v) is 13.8. The summed E-state index contributed by atoms with van der Waals surface area (Å²) in [6.45, 7) is 11.4. The Morgan fingerprint density at radius 1 is 1.21 bits per heavy atom. The Morgan fingerprint density at radius 3 is 2.26 bits per heavy atom. The Balaban J connectivity index is 2.83. The molecular formula is C17H36N2. The van der Waals surface area contributed by atoms with Crippen LogP contribution in [0.1, 0.15) is 79.1 Å². The number of rotatable bonds is 9. The fraction of sp³-hybridized carbons (Fsp3) is 1.00. The van der Waals surface area contributed by atoms with Crippen molar-refractivity contribution in [3.8, 4) is 0 Å². The quantitative estimate of drug-likeness (QED) is 0.679. The van der Waals surface area contributed by atoms with E-state index in [1.807, 2.05) is 0 Å². The van der Waals surface area contributed by atoms with E-state index in [9.17, 15) is 0 Å². The molecule has 19 heavy (non-hydrogen) atoms. The van der Waals surface area contributed by atoms with Crippen LogP contribution in [0.4, 0.5) is 0 Å². The first-order chi connectivity index (χ1) is 9.09. The Labute approximate surface area is 121 Å². The third-order valence-electron chi connectivity index (χ3n) is 5.08. The molecule has 1 fully saturated rings. The van der Waals surface area contributed by atoms with Gasteiger partial charge in [0.2, 0.25) is 0 Å². The summed E-state index contributed by atoms with van der Waals surface area (Å²) in [7, 11) is 0. The molecule has 0 saturated heterocycles. The summed E-state index contributed by atoms with van der Waals surface area (Å²) in [5.74, 6) is 0.790. The van der Waals surface area contributed by atoms with Crippen molar-refractivity contribution in [3.05, 3.63) is 0 Å². The van der Waals surface area contributed by atoms with Crippen molar-refractivity contribution >= 4 is 0 Å². The molecule has 2 heteroatoms. The standard InChI is InChI=1S/C17H36N2/c1-5-12-17(6-2,14-18)19(13-11-15(3)4)16-9-7-8-10-16/h15-16H,5-14,18H2,1-4H3. The Hall–Kier alpha value is -0.0800. The van der Waals surface area contributed by atoms with Crippen LogP contribution in [0, 0.1) is 5.92 Å². The van der Waals surface area contributed by atoms with Gasteiger partial charge in [-0.15, -0.1) is 0 Å². The highest BCUT2D eigenvalue weighted by molar-refractivity contribution is 4.95. The van der Waals surface area contributed by atoms with Gasteiger partial charge in [0.1, 0.15) is 0 Å². The normalized spacial score (nSPS) is 20.4. The first-order valence-corrected chi connectivity index (χ1v) is 8.56. The molecule has 0 aliphatic heterocycles. The SMILES string of the molecule is CCCC(CC)(CN)N(CCC(C)C)C1CCCC1. The van der Waals surface area contributed by atoms with Crippen LogP contribution < -0.4 is 5.73 Å². The van der Waals surface area contributed by atoms with Crippen LogP contribution in [0.5, 0.6) is 0 Å². The van der Waals surface area contributed by atoms with Crippen LogP contribution in [0.15, 0.2) is 0 Å². The Bertz CT molecular complexity index is 227. The van der Waals surface area contributed by atoms with Gasteiger partial charge in [-0.2, -0.15) is 0 Å². The molecule has 0 bridgehead atoms. The molecule has 2 N–H and O–H groups in total. The van der Waals surface area contributed by atoms with E-state index < -0.39 is 0 Å². The van der Waals surface area contributed by atoms with Crippen molar-refractivity contribution in [2.24, 2.45) is 11.7 Å². The molecule has 0 radical (unpaired) electrons. The lowest BCUT2D eigenvalue weighted by Crippen LogP contribution is -2.57. The highest BCUT2D eigenvalue weighted by Gasteiger charge is 2.37. The van der Waals surface area contributed by atoms with Crippen molar-refractivity contribution in [3.63, 3.8) is 0 Å². The van der Waals surface area contributed by atoms with Crippen LogP contribution in [0.25, 0.3) is 0 Å². The van der Waals surface area contributed by atoms with Crippen molar-refractivity contribution in [2.45, 2.75) is 90.6 Å². The second kappa shape index (κ2) is 8.26. The van der Waals surface area contributed by atoms with E-state index in [4.69, 9.17) is 5.73 Å². The topological polar surface area (TPSA) is 29.3 Å². The summed E-state index contributed by atoms with van der Waals surface area (Å²) in [6.07, 6.45) is 10.6. The van der Waals surface area contributed by atoms with Gasteiger partial charge < -0.3 is 5.73 Å². The third-order valence-corrected chi connectivity index (χ3v) is 5.08. The van der Waals surface area contributed by atoms with Crippen LogP contribution in [-0.2, 0) is 0 Å². The molecule has 0 heterocycles. The summed E-state index contributed by atoms with van der Waals surface area (Å²) >= 11 is 0. The molecule has 1 atom stereocenters. The maximum Gasteiger partial charge on any atom is 0.0331 e. The second-order valence-electron chi connectivity index (χ2n) is 6.85. The summed E-state index contributed by atoms with van der Waals surface area (Å²) < 4.78 is 0. The predicted molar refractivity (Wildman–Crippen MR) is 85.4 cm³/mol. The first-order valence-electron chi connectivity index (χ1n) is 8.56. The van der Waals surface area contributed by atoms with Crippen LogP contribution in [0.3, 0.4) is 0 Å². The van der Waals surface area contributed by atoms with Gasteiger partial charge in [-0.25, -0.2) is 0 Å². The largest absolute Gasteiger partial charge is 0.329 e. The van der Waals surface area contributed by atoms with E-state index in [1.54, 1.807) is 0 Å². The van der Waals surface area contributed by atoms with Gasteiger partial charge in [-0.3, -0.25) is 4.90 Å². The van der Waals surface area contributed by atoms with Crippen molar-refractivity contribution in [2.75, 3.05) is 13.1 Å². The molecular weight excluding hydrogens is 232 g/mol. The maximum atomic E-state index is 6.24. The average molecular weight is 268 g/mol. The van der Waals surface area contributed by atoms with Gasteiger partial charge in [0, 0.05) is 18.1 Å². The van der Waals surface area contributed by atoms with Gasteiger partial charge >= 0.3 is 0 Å². The molecule has 0 aromatic heterocycles. The van der Waals surface area contributed by atoms with Crippen molar-refractivity contribution < 1.29 is 0 Å². The van der Waals surface area contributed by atoms with E-state index >= 15 is 0 Å². The molecule has 0 aromatic rings. The van der Waals surface area contributed by atoms with E-state index in [0.717, 1.165) is 18.5 Å². The Kier molecular flexibility index (Phi) is 7.38. The highest BCUT2D eigenvalue weighted by Crippen LogP contribution is 2.34. The maximum absolute atomic E-state index is 6.24.